The fourth-order valence-electron chi connectivity index (χ4n) is 3.17. The van der Waals surface area contributed by atoms with Gasteiger partial charge in [0.1, 0.15) is 11.6 Å². The van der Waals surface area contributed by atoms with E-state index >= 15 is 0 Å². The zero-order chi connectivity index (χ0) is 24.3. The van der Waals surface area contributed by atoms with Crippen LogP contribution in [0.25, 0.3) is 0 Å². The Balaban J connectivity index is 0.00000342. The zero-order valence-electron chi connectivity index (χ0n) is 19.0. The molecule has 12 heteroatoms. The summed E-state index contributed by atoms with van der Waals surface area (Å²) < 4.78 is 43.6. The maximum atomic E-state index is 14.4. The van der Waals surface area contributed by atoms with Crippen LogP contribution in [0.15, 0.2) is 65.6 Å². The summed E-state index contributed by atoms with van der Waals surface area (Å²) in [5, 5.41) is 19.1. The van der Waals surface area contributed by atoms with Crippen molar-refractivity contribution in [3.8, 4) is 5.75 Å². The average molecular weight is 570 g/mol. The molecule has 9 nitrogen and oxygen atoms in total. The van der Waals surface area contributed by atoms with E-state index in [-0.39, 0.29) is 43.4 Å². The van der Waals surface area contributed by atoms with Gasteiger partial charge >= 0.3 is 0 Å². The van der Waals surface area contributed by atoms with Crippen molar-refractivity contribution in [2.24, 2.45) is 5.14 Å². The number of rotatable bonds is 8. The van der Waals surface area contributed by atoms with Crippen LogP contribution in [0.5, 0.6) is 5.75 Å². The summed E-state index contributed by atoms with van der Waals surface area (Å²) in [7, 11) is -3.88. The first-order valence-electron chi connectivity index (χ1n) is 10.2. The molecule has 0 aliphatic heterocycles. The van der Waals surface area contributed by atoms with E-state index in [2.05, 4.69) is 25.8 Å². The number of halogens is 1. The molecule has 0 spiro atoms. The van der Waals surface area contributed by atoms with E-state index in [0.29, 0.717) is 35.1 Å². The van der Waals surface area contributed by atoms with Gasteiger partial charge in [0, 0.05) is 49.8 Å². The number of primary sulfonamides is 1. The second-order valence-corrected chi connectivity index (χ2v) is 9.12. The van der Waals surface area contributed by atoms with Gasteiger partial charge < -0.3 is 25.6 Å². The molecule has 0 fully saturated rings. The molecule has 0 atom stereocenters. The number of pyridine rings is 1. The summed E-state index contributed by atoms with van der Waals surface area (Å²) in [6.07, 6.45) is 0. The Bertz CT molecular complexity index is 1430. The zero-order valence-corrected chi connectivity index (χ0v) is 22.6. The summed E-state index contributed by atoms with van der Waals surface area (Å²) in [6, 6.07) is 16.2. The molecule has 2 heterocycles. The predicted octanol–water partition coefficient (Wildman–Crippen LogP) is 3.90. The number of nitrogens with two attached hydrogens (primary N) is 1. The molecule has 0 bridgehead atoms. The largest absolute Gasteiger partial charge is 0.576 e. The molecule has 0 aliphatic carbocycles. The molecule has 0 saturated carbocycles. The van der Waals surface area contributed by atoms with Gasteiger partial charge in [-0.05, 0) is 67.9 Å². The minimum atomic E-state index is -3.88. The molecule has 2 aromatic heterocycles. The van der Waals surface area contributed by atoms with Gasteiger partial charge in [0.15, 0.2) is 11.6 Å². The topological polar surface area (TPSA) is 133 Å². The van der Waals surface area contributed by atoms with Crippen LogP contribution in [0.4, 0.5) is 27.4 Å². The molecule has 0 amide bonds. The number of nitrogens with zero attached hydrogens (tertiary/aromatic N) is 3. The van der Waals surface area contributed by atoms with Crippen molar-refractivity contribution < 1.29 is 50.3 Å². The maximum Gasteiger partial charge on any atom is 0.238 e. The van der Waals surface area contributed by atoms with E-state index in [1.807, 2.05) is 13.0 Å². The maximum absolute atomic E-state index is 14.4. The summed E-state index contributed by atoms with van der Waals surface area (Å²) in [5.74, 6) is 0.393. The Morgan fingerprint density at radius 1 is 1.00 bits per heavy atom. The van der Waals surface area contributed by atoms with Crippen molar-refractivity contribution in [3.05, 3.63) is 83.4 Å². The summed E-state index contributed by atoms with van der Waals surface area (Å²) in [4.78, 5) is 4.25. The SMILES string of the molecule is Cc1cc(COc2ccc(Nc3nc(Nc4ccc(C)c(S(N)(=O)=O)c4)ccc3F)cc2)[n-]n1.[Y]. The Morgan fingerprint density at radius 2 is 1.71 bits per heavy atom. The molecule has 179 valence electrons. The van der Waals surface area contributed by atoms with E-state index in [1.165, 1.54) is 18.2 Å². The molecule has 1 radical (unpaired) electrons. The Kier molecular flexibility index (Phi) is 8.60. The number of hydrogen-bond donors (Lipinski definition) is 3. The van der Waals surface area contributed by atoms with Crippen LogP contribution in [0, 0.1) is 19.7 Å². The minimum absolute atomic E-state index is 0. The van der Waals surface area contributed by atoms with Gasteiger partial charge in [0.2, 0.25) is 10.0 Å². The van der Waals surface area contributed by atoms with Crippen molar-refractivity contribution in [1.29, 1.82) is 0 Å². The van der Waals surface area contributed by atoms with Gasteiger partial charge in [-0.25, -0.2) is 22.9 Å². The normalized spacial score (nSPS) is 11.0. The Morgan fingerprint density at radius 3 is 2.37 bits per heavy atom. The molecular weight excluding hydrogens is 548 g/mol. The third-order valence-corrected chi connectivity index (χ3v) is 5.88. The number of nitrogens with one attached hydrogen (secondary N) is 2. The van der Waals surface area contributed by atoms with E-state index in [0.717, 1.165) is 11.4 Å². The number of sulfonamides is 1. The number of aromatic nitrogens is 3. The first-order chi connectivity index (χ1) is 16.2. The summed E-state index contributed by atoms with van der Waals surface area (Å²) in [6.45, 7) is 3.80. The molecule has 0 aliphatic rings. The standard InChI is InChI=1S/C23H22FN6O3S.Y/c1-14-3-4-17(12-21(14)34(25,31)32)26-22-10-9-20(24)23(28-22)27-16-5-7-19(8-6-16)33-13-18-11-15(2)29-30-18;/h3-12H,13H2,1-2H3,(H4-,25,26,27,28,29,30,31,32);/q-1;. The number of aryl methyl sites for hydroxylation is 2. The second-order valence-electron chi connectivity index (χ2n) is 7.59. The third kappa shape index (κ3) is 7.08. The Hall–Kier alpha value is -2.86. The van der Waals surface area contributed by atoms with Crippen molar-refractivity contribution in [1.82, 2.24) is 15.2 Å². The first kappa shape index (κ1) is 26.7. The van der Waals surface area contributed by atoms with Crippen LogP contribution in [0.1, 0.15) is 17.0 Å². The summed E-state index contributed by atoms with van der Waals surface area (Å²) in [5.41, 5.74) is 3.14. The number of anilines is 4. The summed E-state index contributed by atoms with van der Waals surface area (Å²) >= 11 is 0. The fourth-order valence-corrected chi connectivity index (χ4v) is 3.98. The molecule has 0 unspecified atom stereocenters. The van der Waals surface area contributed by atoms with Gasteiger partial charge in [0.25, 0.3) is 0 Å². The second kappa shape index (κ2) is 11.3. The van der Waals surface area contributed by atoms with Crippen LogP contribution in [-0.4, -0.2) is 18.5 Å². The fraction of sp³-hybridized carbons (Fsp3) is 0.130. The average Bonchev–Trinajstić information content (AvgIpc) is 3.21. The quantitative estimate of drug-likeness (QED) is 0.291. The number of hydrogen-bond acceptors (Lipinski definition) is 7. The first-order valence-corrected chi connectivity index (χ1v) is 11.7. The predicted molar refractivity (Wildman–Crippen MR) is 126 cm³/mol. The van der Waals surface area contributed by atoms with Crippen molar-refractivity contribution in [2.45, 2.75) is 25.3 Å². The molecular formula is C23H22FN6O3SY-. The third-order valence-electron chi connectivity index (χ3n) is 4.83. The number of ether oxygens (including phenoxy) is 1. The van der Waals surface area contributed by atoms with E-state index in [9.17, 15) is 12.8 Å². The molecule has 0 saturated heterocycles. The minimum Gasteiger partial charge on any atom is -0.576 e. The molecule has 2 aromatic carbocycles. The van der Waals surface area contributed by atoms with Gasteiger partial charge in [-0.15, -0.1) is 5.69 Å². The van der Waals surface area contributed by atoms with Gasteiger partial charge in [0.05, 0.1) is 11.5 Å². The molecule has 4 N–H and O–H groups in total. The van der Waals surface area contributed by atoms with E-state index in [1.54, 1.807) is 43.3 Å². The van der Waals surface area contributed by atoms with Gasteiger partial charge in [-0.1, -0.05) is 12.1 Å². The van der Waals surface area contributed by atoms with Crippen LogP contribution >= 0.6 is 0 Å². The Labute approximate surface area is 227 Å². The molecule has 4 aromatic rings. The van der Waals surface area contributed by atoms with Crippen LogP contribution in [0.3, 0.4) is 0 Å². The number of benzene rings is 2. The molecule has 35 heavy (non-hydrogen) atoms. The monoisotopic (exact) mass is 570 g/mol. The van der Waals surface area contributed by atoms with Crippen LogP contribution in [-0.2, 0) is 49.3 Å². The van der Waals surface area contributed by atoms with E-state index in [4.69, 9.17) is 9.88 Å². The van der Waals surface area contributed by atoms with Gasteiger partial charge in [-0.3, -0.25) is 0 Å². The van der Waals surface area contributed by atoms with Crippen LogP contribution in [0.2, 0.25) is 0 Å². The van der Waals surface area contributed by atoms with E-state index < -0.39 is 15.8 Å². The van der Waals surface area contributed by atoms with Crippen LogP contribution < -0.4 is 25.6 Å². The van der Waals surface area contributed by atoms with Crippen molar-refractivity contribution in [3.63, 3.8) is 0 Å². The van der Waals surface area contributed by atoms with Gasteiger partial charge in [-0.2, -0.15) is 0 Å². The molecule has 4 rings (SSSR count). The van der Waals surface area contributed by atoms with Crippen molar-refractivity contribution >= 4 is 33.0 Å². The van der Waals surface area contributed by atoms with Crippen molar-refractivity contribution in [2.75, 3.05) is 10.6 Å². The smallest absolute Gasteiger partial charge is 0.238 e.